The van der Waals surface area contributed by atoms with Gasteiger partial charge in [0.1, 0.15) is 12.4 Å². The van der Waals surface area contributed by atoms with Crippen LogP contribution in [0.2, 0.25) is 0 Å². The largest absolute Gasteiger partial charge is 0.487 e. The van der Waals surface area contributed by atoms with Crippen LogP contribution in [0.5, 0.6) is 5.75 Å². The summed E-state index contributed by atoms with van der Waals surface area (Å²) in [6, 6.07) is 5.11. The maximum absolute atomic E-state index is 12.2. The summed E-state index contributed by atoms with van der Waals surface area (Å²) < 4.78 is 29.5. The zero-order valence-electron chi connectivity index (χ0n) is 13.4. The van der Waals surface area contributed by atoms with E-state index < -0.39 is 13.0 Å². The Hall–Kier alpha value is -1.69. The van der Waals surface area contributed by atoms with Gasteiger partial charge in [0.05, 0.1) is 0 Å². The lowest BCUT2D eigenvalue weighted by molar-refractivity contribution is -0.116. The van der Waals surface area contributed by atoms with Crippen molar-refractivity contribution in [2.75, 3.05) is 25.0 Å². The minimum Gasteiger partial charge on any atom is -0.487 e. The van der Waals surface area contributed by atoms with Gasteiger partial charge in [-0.1, -0.05) is 6.07 Å². The van der Waals surface area contributed by atoms with Crippen molar-refractivity contribution >= 4 is 11.6 Å². The Labute approximate surface area is 135 Å². The van der Waals surface area contributed by atoms with Crippen LogP contribution in [0.25, 0.3) is 0 Å². The first-order valence-electron chi connectivity index (χ1n) is 8.07. The monoisotopic (exact) mass is 326 g/mol. The van der Waals surface area contributed by atoms with E-state index in [4.69, 9.17) is 4.74 Å². The Morgan fingerprint density at radius 3 is 2.83 bits per heavy atom. The molecule has 0 bridgehead atoms. The van der Waals surface area contributed by atoms with Crippen LogP contribution in [0.3, 0.4) is 0 Å². The first-order chi connectivity index (χ1) is 11.0. The van der Waals surface area contributed by atoms with Gasteiger partial charge in [-0.05, 0) is 56.8 Å². The third-order valence-electron chi connectivity index (χ3n) is 4.08. The van der Waals surface area contributed by atoms with Crippen molar-refractivity contribution in [3.05, 3.63) is 23.8 Å². The molecule has 1 fully saturated rings. The van der Waals surface area contributed by atoms with E-state index in [1.165, 1.54) is 0 Å². The van der Waals surface area contributed by atoms with Crippen molar-refractivity contribution in [1.29, 1.82) is 0 Å². The number of alkyl halides is 2. The summed E-state index contributed by atoms with van der Waals surface area (Å²) in [5, 5.41) is 6.12. The van der Waals surface area contributed by atoms with Crippen LogP contribution in [-0.4, -0.2) is 32.0 Å². The molecule has 1 aliphatic heterocycles. The van der Waals surface area contributed by atoms with E-state index in [1.807, 2.05) is 0 Å². The van der Waals surface area contributed by atoms with Gasteiger partial charge in [0.15, 0.2) is 0 Å². The number of carbonyl (C=O) groups excluding carboxylic acids is 1. The highest BCUT2D eigenvalue weighted by Gasteiger charge is 2.15. The zero-order chi connectivity index (χ0) is 16.7. The fourth-order valence-corrected chi connectivity index (χ4v) is 2.72. The number of anilines is 1. The SMILES string of the molecule is Cc1ccc(NC(=O)CCC2CCNCC2)cc1OCC(F)F. The number of ether oxygens (including phenoxy) is 1. The molecule has 1 amide bonds. The van der Waals surface area contributed by atoms with E-state index in [-0.39, 0.29) is 5.91 Å². The molecule has 0 aliphatic carbocycles. The number of rotatable bonds is 7. The Morgan fingerprint density at radius 1 is 1.39 bits per heavy atom. The number of amides is 1. The molecule has 0 radical (unpaired) electrons. The molecule has 23 heavy (non-hydrogen) atoms. The maximum atomic E-state index is 12.2. The number of benzene rings is 1. The van der Waals surface area contributed by atoms with E-state index in [9.17, 15) is 13.6 Å². The summed E-state index contributed by atoms with van der Waals surface area (Å²) >= 11 is 0. The van der Waals surface area contributed by atoms with Gasteiger partial charge in [0.2, 0.25) is 5.91 Å². The van der Waals surface area contributed by atoms with Gasteiger partial charge in [0.25, 0.3) is 6.43 Å². The van der Waals surface area contributed by atoms with Crippen LogP contribution in [0.1, 0.15) is 31.2 Å². The molecule has 1 heterocycles. The van der Waals surface area contributed by atoms with Crippen molar-refractivity contribution in [2.24, 2.45) is 5.92 Å². The molecule has 0 spiro atoms. The van der Waals surface area contributed by atoms with Gasteiger partial charge >= 0.3 is 0 Å². The van der Waals surface area contributed by atoms with Crippen LogP contribution in [-0.2, 0) is 4.79 Å². The third-order valence-corrected chi connectivity index (χ3v) is 4.08. The Morgan fingerprint density at radius 2 is 2.13 bits per heavy atom. The van der Waals surface area contributed by atoms with Crippen molar-refractivity contribution in [3.8, 4) is 5.75 Å². The van der Waals surface area contributed by atoms with Crippen LogP contribution in [0.15, 0.2) is 18.2 Å². The highest BCUT2D eigenvalue weighted by atomic mass is 19.3. The molecular formula is C17H24F2N2O2. The van der Waals surface area contributed by atoms with Crippen LogP contribution in [0, 0.1) is 12.8 Å². The van der Waals surface area contributed by atoms with Crippen LogP contribution in [0.4, 0.5) is 14.5 Å². The second-order valence-electron chi connectivity index (χ2n) is 5.96. The molecule has 2 rings (SSSR count). The van der Waals surface area contributed by atoms with Crippen molar-refractivity contribution in [3.63, 3.8) is 0 Å². The van der Waals surface area contributed by atoms with Gasteiger partial charge in [-0.3, -0.25) is 4.79 Å². The highest BCUT2D eigenvalue weighted by molar-refractivity contribution is 5.90. The Kier molecular flexibility index (Phi) is 6.77. The Balaban J connectivity index is 1.83. The molecular weight excluding hydrogens is 302 g/mol. The third kappa shape index (κ3) is 6.14. The maximum Gasteiger partial charge on any atom is 0.272 e. The normalized spacial score (nSPS) is 15.7. The fraction of sp³-hybridized carbons (Fsp3) is 0.588. The lowest BCUT2D eigenvalue weighted by Crippen LogP contribution is -2.28. The number of carbonyl (C=O) groups is 1. The predicted octanol–water partition coefficient (Wildman–Crippen LogP) is 3.36. The highest BCUT2D eigenvalue weighted by Crippen LogP contribution is 2.24. The quantitative estimate of drug-likeness (QED) is 0.808. The smallest absolute Gasteiger partial charge is 0.272 e. The molecule has 0 unspecified atom stereocenters. The summed E-state index contributed by atoms with van der Waals surface area (Å²) in [6.07, 6.45) is 1.07. The molecule has 6 heteroatoms. The first-order valence-corrected chi connectivity index (χ1v) is 8.07. The minimum absolute atomic E-state index is 0.0489. The number of hydrogen-bond acceptors (Lipinski definition) is 3. The average Bonchev–Trinajstić information content (AvgIpc) is 2.54. The second kappa shape index (κ2) is 8.82. The molecule has 1 saturated heterocycles. The van der Waals surface area contributed by atoms with E-state index in [2.05, 4.69) is 10.6 Å². The topological polar surface area (TPSA) is 50.4 Å². The number of halogens is 2. The Bertz CT molecular complexity index is 517. The molecule has 0 aromatic heterocycles. The van der Waals surface area contributed by atoms with Gasteiger partial charge in [-0.25, -0.2) is 8.78 Å². The second-order valence-corrected chi connectivity index (χ2v) is 5.96. The van der Waals surface area contributed by atoms with E-state index >= 15 is 0 Å². The van der Waals surface area contributed by atoms with Crippen LogP contribution >= 0.6 is 0 Å². The standard InChI is InChI=1S/C17H24F2N2O2/c1-12-2-4-14(10-15(12)23-11-16(18)19)21-17(22)5-3-13-6-8-20-9-7-13/h2,4,10,13,16,20H,3,5-9,11H2,1H3,(H,21,22). The molecule has 1 aliphatic rings. The van der Waals surface area contributed by atoms with Crippen LogP contribution < -0.4 is 15.4 Å². The lowest BCUT2D eigenvalue weighted by atomic mass is 9.93. The summed E-state index contributed by atoms with van der Waals surface area (Å²) in [5.41, 5.74) is 1.34. The summed E-state index contributed by atoms with van der Waals surface area (Å²) in [4.78, 5) is 12.0. The lowest BCUT2D eigenvalue weighted by Gasteiger charge is -2.22. The van der Waals surface area contributed by atoms with Gasteiger partial charge < -0.3 is 15.4 Å². The van der Waals surface area contributed by atoms with Crippen molar-refractivity contribution < 1.29 is 18.3 Å². The van der Waals surface area contributed by atoms with Gasteiger partial charge in [-0.2, -0.15) is 0 Å². The van der Waals surface area contributed by atoms with E-state index in [1.54, 1.807) is 25.1 Å². The number of hydrogen-bond donors (Lipinski definition) is 2. The van der Waals surface area contributed by atoms with E-state index in [0.717, 1.165) is 37.9 Å². The van der Waals surface area contributed by atoms with E-state index in [0.29, 0.717) is 23.8 Å². The molecule has 1 aromatic carbocycles. The van der Waals surface area contributed by atoms with Gasteiger partial charge in [0, 0.05) is 18.2 Å². The first kappa shape index (κ1) is 17.7. The zero-order valence-corrected chi connectivity index (χ0v) is 13.4. The predicted molar refractivity (Wildman–Crippen MR) is 86.1 cm³/mol. The molecule has 0 saturated carbocycles. The number of nitrogens with one attached hydrogen (secondary N) is 2. The number of piperidine rings is 1. The van der Waals surface area contributed by atoms with Crippen molar-refractivity contribution in [2.45, 2.75) is 39.0 Å². The number of aryl methyl sites for hydroxylation is 1. The summed E-state index contributed by atoms with van der Waals surface area (Å²) in [6.45, 7) is 3.18. The minimum atomic E-state index is -2.52. The van der Waals surface area contributed by atoms with Crippen molar-refractivity contribution in [1.82, 2.24) is 5.32 Å². The molecule has 0 atom stereocenters. The average molecular weight is 326 g/mol. The summed E-state index contributed by atoms with van der Waals surface area (Å²) in [5.74, 6) is 0.929. The molecule has 2 N–H and O–H groups in total. The molecule has 4 nitrogen and oxygen atoms in total. The summed E-state index contributed by atoms with van der Waals surface area (Å²) in [7, 11) is 0. The fourth-order valence-electron chi connectivity index (χ4n) is 2.72. The molecule has 1 aromatic rings. The van der Waals surface area contributed by atoms with Gasteiger partial charge in [-0.15, -0.1) is 0 Å². The molecule has 128 valence electrons.